The van der Waals surface area contributed by atoms with E-state index in [-0.39, 0.29) is 24.9 Å². The van der Waals surface area contributed by atoms with Gasteiger partial charge in [-0.1, -0.05) is 13.8 Å². The van der Waals surface area contributed by atoms with Crippen molar-refractivity contribution >= 4 is 11.9 Å². The Hall–Kier alpha value is -2.24. The molecule has 23 heavy (non-hydrogen) atoms. The van der Waals surface area contributed by atoms with Gasteiger partial charge in [0.1, 0.15) is 11.5 Å². The van der Waals surface area contributed by atoms with Crippen LogP contribution in [0, 0.1) is 12.8 Å². The summed E-state index contributed by atoms with van der Waals surface area (Å²) in [6, 6.07) is 5.27. The first-order valence-electron chi connectivity index (χ1n) is 7.48. The van der Waals surface area contributed by atoms with Gasteiger partial charge in [0.05, 0.1) is 19.1 Å². The van der Waals surface area contributed by atoms with Crippen LogP contribution in [0.25, 0.3) is 0 Å². The summed E-state index contributed by atoms with van der Waals surface area (Å²) in [7, 11) is 1.59. The number of amides is 1. The van der Waals surface area contributed by atoms with Crippen molar-refractivity contribution in [3.63, 3.8) is 0 Å². The fourth-order valence-corrected chi connectivity index (χ4v) is 2.15. The minimum absolute atomic E-state index is 0.0224. The minimum atomic E-state index is -0.951. The van der Waals surface area contributed by atoms with Crippen LogP contribution in [0.1, 0.15) is 32.8 Å². The predicted molar refractivity (Wildman–Crippen MR) is 86.9 cm³/mol. The van der Waals surface area contributed by atoms with E-state index >= 15 is 0 Å². The van der Waals surface area contributed by atoms with Crippen LogP contribution in [0.4, 0.5) is 0 Å². The van der Waals surface area contributed by atoms with E-state index in [0.717, 1.165) is 11.3 Å². The summed E-state index contributed by atoms with van der Waals surface area (Å²) in [4.78, 5) is 23.1. The maximum Gasteiger partial charge on any atom is 0.305 e. The molecule has 0 aromatic heterocycles. The Kier molecular flexibility index (Phi) is 6.42. The van der Waals surface area contributed by atoms with Crippen molar-refractivity contribution in [2.75, 3.05) is 13.7 Å². The monoisotopic (exact) mass is 323 g/mol. The van der Waals surface area contributed by atoms with Gasteiger partial charge in [-0.2, -0.15) is 0 Å². The molecule has 1 atom stereocenters. The number of nitrogens with one attached hydrogen (secondary N) is 1. The smallest absolute Gasteiger partial charge is 0.305 e. The van der Waals surface area contributed by atoms with Gasteiger partial charge in [0.15, 0.2) is 6.61 Å². The third-order valence-corrected chi connectivity index (χ3v) is 3.95. The molecule has 6 nitrogen and oxygen atoms in total. The summed E-state index contributed by atoms with van der Waals surface area (Å²) in [6.45, 7) is 7.18. The number of methoxy groups -OCH3 is 1. The van der Waals surface area contributed by atoms with Crippen LogP contribution in [0.3, 0.4) is 0 Å². The average molecular weight is 323 g/mol. The normalized spacial score (nSPS) is 13.3. The second-order valence-corrected chi connectivity index (χ2v) is 6.11. The van der Waals surface area contributed by atoms with Gasteiger partial charge in [-0.3, -0.25) is 9.59 Å². The van der Waals surface area contributed by atoms with Gasteiger partial charge in [0.2, 0.25) is 0 Å². The van der Waals surface area contributed by atoms with Crippen molar-refractivity contribution in [1.29, 1.82) is 0 Å². The number of carbonyl (C=O) groups is 2. The third-order valence-electron chi connectivity index (χ3n) is 3.95. The van der Waals surface area contributed by atoms with Crippen LogP contribution >= 0.6 is 0 Å². The molecule has 128 valence electrons. The highest BCUT2D eigenvalue weighted by atomic mass is 16.5. The van der Waals surface area contributed by atoms with Crippen LogP contribution < -0.4 is 14.8 Å². The molecular weight excluding hydrogens is 298 g/mol. The van der Waals surface area contributed by atoms with Crippen molar-refractivity contribution in [1.82, 2.24) is 5.32 Å². The average Bonchev–Trinajstić information content (AvgIpc) is 2.44. The Balaban J connectivity index is 2.65. The highest BCUT2D eigenvalue weighted by Gasteiger charge is 2.32. The van der Waals surface area contributed by atoms with Gasteiger partial charge < -0.3 is 19.9 Å². The molecule has 6 heteroatoms. The van der Waals surface area contributed by atoms with Gasteiger partial charge in [-0.25, -0.2) is 0 Å². The molecule has 2 N–H and O–H groups in total. The van der Waals surface area contributed by atoms with Gasteiger partial charge in [-0.05, 0) is 43.5 Å². The number of aryl methyl sites for hydroxylation is 1. The number of aliphatic carboxylic acids is 1. The lowest BCUT2D eigenvalue weighted by Gasteiger charge is -2.33. The zero-order valence-corrected chi connectivity index (χ0v) is 14.3. The number of carbonyl (C=O) groups excluding carboxylic acids is 1. The number of ether oxygens (including phenoxy) is 2. The number of hydrogen-bond acceptors (Lipinski definition) is 4. The van der Waals surface area contributed by atoms with Crippen molar-refractivity contribution < 1.29 is 24.2 Å². The molecule has 1 rings (SSSR count). The van der Waals surface area contributed by atoms with Crippen LogP contribution in [0.15, 0.2) is 18.2 Å². The quantitative estimate of drug-likeness (QED) is 0.767. The number of benzene rings is 1. The van der Waals surface area contributed by atoms with Crippen molar-refractivity contribution in [3.05, 3.63) is 23.8 Å². The number of carboxylic acid groups (broad SMARTS) is 1. The molecule has 0 aliphatic rings. The molecule has 0 aliphatic heterocycles. The zero-order valence-electron chi connectivity index (χ0n) is 14.3. The highest BCUT2D eigenvalue weighted by Crippen LogP contribution is 2.23. The SMILES string of the molecule is COc1ccc(OCC(=O)NC(C)(CC(=O)O)C(C)C)cc1C. The third kappa shape index (κ3) is 5.47. The van der Waals surface area contributed by atoms with E-state index in [4.69, 9.17) is 14.6 Å². The fraction of sp³-hybridized carbons (Fsp3) is 0.529. The van der Waals surface area contributed by atoms with Crippen molar-refractivity contribution in [3.8, 4) is 11.5 Å². The summed E-state index contributed by atoms with van der Waals surface area (Å²) < 4.78 is 10.6. The first-order chi connectivity index (χ1) is 10.7. The number of hydrogen-bond donors (Lipinski definition) is 2. The molecule has 1 unspecified atom stereocenters. The van der Waals surface area contributed by atoms with E-state index in [1.54, 1.807) is 32.2 Å². The molecule has 0 spiro atoms. The second-order valence-electron chi connectivity index (χ2n) is 6.11. The summed E-state index contributed by atoms with van der Waals surface area (Å²) in [5, 5.41) is 11.8. The van der Waals surface area contributed by atoms with Gasteiger partial charge in [-0.15, -0.1) is 0 Å². The van der Waals surface area contributed by atoms with E-state index in [1.165, 1.54) is 0 Å². The highest BCUT2D eigenvalue weighted by molar-refractivity contribution is 5.79. The Morgan fingerprint density at radius 1 is 1.35 bits per heavy atom. The topological polar surface area (TPSA) is 84.9 Å². The van der Waals surface area contributed by atoms with E-state index in [2.05, 4.69) is 5.32 Å². The lowest BCUT2D eigenvalue weighted by atomic mass is 9.85. The van der Waals surface area contributed by atoms with Crippen LogP contribution in [0.2, 0.25) is 0 Å². The largest absolute Gasteiger partial charge is 0.496 e. The number of carboxylic acids is 1. The molecule has 1 aromatic rings. The minimum Gasteiger partial charge on any atom is -0.496 e. The molecule has 1 amide bonds. The molecule has 0 saturated carbocycles. The lowest BCUT2D eigenvalue weighted by molar-refractivity contribution is -0.139. The summed E-state index contributed by atoms with van der Waals surface area (Å²) in [5.74, 6) is -0.0199. The fourth-order valence-electron chi connectivity index (χ4n) is 2.15. The van der Waals surface area contributed by atoms with E-state index in [9.17, 15) is 9.59 Å². The summed E-state index contributed by atoms with van der Waals surface area (Å²) >= 11 is 0. The molecule has 1 aromatic carbocycles. The molecule has 0 radical (unpaired) electrons. The standard InChI is InChI=1S/C17H25NO5/c1-11(2)17(4,9-16(20)21)18-15(19)10-23-13-6-7-14(22-5)12(3)8-13/h6-8,11H,9-10H2,1-5H3,(H,18,19)(H,20,21). The van der Waals surface area contributed by atoms with E-state index in [1.807, 2.05) is 20.8 Å². The number of rotatable bonds is 8. The van der Waals surface area contributed by atoms with Gasteiger partial charge in [0, 0.05) is 0 Å². The van der Waals surface area contributed by atoms with Crippen molar-refractivity contribution in [2.45, 2.75) is 39.7 Å². The Morgan fingerprint density at radius 2 is 2.00 bits per heavy atom. The lowest BCUT2D eigenvalue weighted by Crippen LogP contribution is -2.52. The molecule has 0 bridgehead atoms. The predicted octanol–water partition coefficient (Wildman–Crippen LogP) is 2.39. The van der Waals surface area contributed by atoms with Crippen LogP contribution in [0.5, 0.6) is 11.5 Å². The summed E-state index contributed by atoms with van der Waals surface area (Å²) in [5.41, 5.74) is 0.0885. The Morgan fingerprint density at radius 3 is 2.48 bits per heavy atom. The summed E-state index contributed by atoms with van der Waals surface area (Å²) in [6.07, 6.45) is -0.141. The van der Waals surface area contributed by atoms with Crippen LogP contribution in [-0.4, -0.2) is 36.2 Å². The second kappa shape index (κ2) is 7.85. The van der Waals surface area contributed by atoms with Gasteiger partial charge in [0.25, 0.3) is 5.91 Å². The molecule has 0 heterocycles. The molecular formula is C17H25NO5. The van der Waals surface area contributed by atoms with Gasteiger partial charge >= 0.3 is 5.97 Å². The van der Waals surface area contributed by atoms with Crippen molar-refractivity contribution in [2.24, 2.45) is 5.92 Å². The molecule has 0 saturated heterocycles. The Bertz CT molecular complexity index is 570. The first kappa shape index (κ1) is 18.8. The maximum atomic E-state index is 12.1. The van der Waals surface area contributed by atoms with Crippen LogP contribution in [-0.2, 0) is 9.59 Å². The first-order valence-corrected chi connectivity index (χ1v) is 7.48. The van der Waals surface area contributed by atoms with E-state index < -0.39 is 11.5 Å². The molecule has 0 fully saturated rings. The molecule has 0 aliphatic carbocycles. The zero-order chi connectivity index (χ0) is 17.6. The maximum absolute atomic E-state index is 12.1. The Labute approximate surface area is 136 Å². The van der Waals surface area contributed by atoms with E-state index in [0.29, 0.717) is 5.75 Å².